The molecule has 0 unspecified atom stereocenters. The van der Waals surface area contributed by atoms with Crippen molar-refractivity contribution in [3.8, 4) is 17.0 Å². The van der Waals surface area contributed by atoms with Gasteiger partial charge in [-0.15, -0.1) is 11.3 Å². The number of thiazole rings is 1. The molecule has 4 nitrogen and oxygen atoms in total. The van der Waals surface area contributed by atoms with Gasteiger partial charge >= 0.3 is 0 Å². The topological polar surface area (TPSA) is 42.4 Å². The molecule has 6 heteroatoms. The molecule has 1 fully saturated rings. The molecule has 1 aromatic heterocycles. The number of benzene rings is 1. The van der Waals surface area contributed by atoms with Gasteiger partial charge in [0.1, 0.15) is 5.75 Å². The minimum absolute atomic E-state index is 0.263. The number of carbonyl (C=O) groups excluding carboxylic acids is 1. The van der Waals surface area contributed by atoms with Crippen LogP contribution in [0.4, 0.5) is 0 Å². The molecule has 116 valence electrons. The van der Waals surface area contributed by atoms with E-state index in [4.69, 9.17) is 16.3 Å². The fourth-order valence-corrected chi connectivity index (χ4v) is 3.61. The lowest BCUT2D eigenvalue weighted by Crippen LogP contribution is -2.26. The molecule has 0 atom stereocenters. The number of carbonyl (C=O) groups is 1. The number of methoxy groups -OCH3 is 1. The minimum Gasteiger partial charge on any atom is -0.495 e. The van der Waals surface area contributed by atoms with Gasteiger partial charge in [-0.3, -0.25) is 4.79 Å². The third-order valence-electron chi connectivity index (χ3n) is 3.77. The zero-order valence-electron chi connectivity index (χ0n) is 12.3. The van der Waals surface area contributed by atoms with Crippen LogP contribution in [0.2, 0.25) is 5.02 Å². The third kappa shape index (κ3) is 3.25. The minimum atomic E-state index is 0.263. The Bertz CT molecular complexity index is 687. The molecule has 1 aliphatic heterocycles. The average Bonchev–Trinajstić information content (AvgIpc) is 3.14. The van der Waals surface area contributed by atoms with Crippen LogP contribution in [0.15, 0.2) is 23.6 Å². The Morgan fingerprint density at radius 2 is 2.32 bits per heavy atom. The van der Waals surface area contributed by atoms with Crippen molar-refractivity contribution in [1.29, 1.82) is 0 Å². The second kappa shape index (κ2) is 6.67. The van der Waals surface area contributed by atoms with Crippen molar-refractivity contribution in [2.45, 2.75) is 19.3 Å². The molecule has 1 amide bonds. The second-order valence-corrected chi connectivity index (χ2v) is 6.56. The quantitative estimate of drug-likeness (QED) is 0.837. The smallest absolute Gasteiger partial charge is 0.222 e. The van der Waals surface area contributed by atoms with E-state index in [2.05, 4.69) is 4.98 Å². The van der Waals surface area contributed by atoms with Crippen molar-refractivity contribution < 1.29 is 9.53 Å². The van der Waals surface area contributed by atoms with Crippen LogP contribution in [0.25, 0.3) is 11.3 Å². The summed E-state index contributed by atoms with van der Waals surface area (Å²) in [6.07, 6.45) is 2.47. The molecular formula is C16H17ClN2O2S. The molecule has 22 heavy (non-hydrogen) atoms. The van der Waals surface area contributed by atoms with Crippen LogP contribution in [0.3, 0.4) is 0 Å². The van der Waals surface area contributed by atoms with Gasteiger partial charge in [-0.2, -0.15) is 0 Å². The summed E-state index contributed by atoms with van der Waals surface area (Å²) in [5.41, 5.74) is 1.89. The fourth-order valence-electron chi connectivity index (χ4n) is 2.56. The van der Waals surface area contributed by atoms with Crippen LogP contribution >= 0.6 is 22.9 Å². The van der Waals surface area contributed by atoms with Crippen LogP contribution in [-0.4, -0.2) is 36.0 Å². The molecule has 0 N–H and O–H groups in total. The van der Waals surface area contributed by atoms with Gasteiger partial charge in [0.05, 0.1) is 22.8 Å². The van der Waals surface area contributed by atoms with Gasteiger partial charge < -0.3 is 9.64 Å². The molecule has 0 bridgehead atoms. The highest BCUT2D eigenvalue weighted by Gasteiger charge is 2.19. The summed E-state index contributed by atoms with van der Waals surface area (Å²) in [5.74, 6) is 0.923. The van der Waals surface area contributed by atoms with Crippen molar-refractivity contribution in [3.05, 3.63) is 33.6 Å². The van der Waals surface area contributed by atoms with Crippen molar-refractivity contribution in [1.82, 2.24) is 9.88 Å². The molecule has 1 aliphatic rings. The van der Waals surface area contributed by atoms with Crippen molar-refractivity contribution in [2.75, 3.05) is 20.2 Å². The largest absolute Gasteiger partial charge is 0.495 e. The summed E-state index contributed by atoms with van der Waals surface area (Å²) < 4.78 is 5.16. The number of nitrogens with zero attached hydrogens (tertiary/aromatic N) is 2. The summed E-state index contributed by atoms with van der Waals surface area (Å²) >= 11 is 7.78. The number of ether oxygens (including phenoxy) is 1. The highest BCUT2D eigenvalue weighted by Crippen LogP contribution is 2.30. The number of halogens is 1. The summed E-state index contributed by atoms with van der Waals surface area (Å²) in [4.78, 5) is 18.2. The first-order valence-electron chi connectivity index (χ1n) is 7.23. The Labute approximate surface area is 138 Å². The molecule has 2 aromatic rings. The van der Waals surface area contributed by atoms with Crippen LogP contribution in [-0.2, 0) is 11.2 Å². The Kier molecular flexibility index (Phi) is 4.64. The fraction of sp³-hybridized carbons (Fsp3) is 0.375. The second-order valence-electron chi connectivity index (χ2n) is 5.21. The first-order valence-corrected chi connectivity index (χ1v) is 8.49. The average molecular weight is 337 g/mol. The van der Waals surface area contributed by atoms with E-state index < -0.39 is 0 Å². The number of hydrogen-bond donors (Lipinski definition) is 0. The van der Waals surface area contributed by atoms with Gasteiger partial charge in [0.2, 0.25) is 5.91 Å². The lowest BCUT2D eigenvalue weighted by atomic mass is 10.2. The van der Waals surface area contributed by atoms with Crippen LogP contribution in [0, 0.1) is 0 Å². The maximum absolute atomic E-state index is 11.6. The standard InChI is InChI=1S/C16H17ClN2O2S/c1-21-14-5-4-11(9-12(14)17)13-10-22-15(18-13)6-8-19-7-2-3-16(19)20/h4-5,9-10H,2-3,6-8H2,1H3. The number of amides is 1. The molecule has 0 aliphatic carbocycles. The van der Waals surface area contributed by atoms with Gasteiger partial charge in [0.25, 0.3) is 0 Å². The van der Waals surface area contributed by atoms with Crippen molar-refractivity contribution in [2.24, 2.45) is 0 Å². The van der Waals surface area contributed by atoms with E-state index in [1.54, 1.807) is 18.4 Å². The predicted octanol–water partition coefficient (Wildman–Crippen LogP) is 3.64. The highest BCUT2D eigenvalue weighted by molar-refractivity contribution is 7.09. The van der Waals surface area contributed by atoms with E-state index in [0.717, 1.165) is 42.2 Å². The lowest BCUT2D eigenvalue weighted by Gasteiger charge is -2.13. The highest BCUT2D eigenvalue weighted by atomic mass is 35.5. The number of hydrogen-bond acceptors (Lipinski definition) is 4. The maximum atomic E-state index is 11.6. The van der Waals surface area contributed by atoms with E-state index in [0.29, 0.717) is 17.2 Å². The molecule has 2 heterocycles. The molecule has 0 saturated carbocycles. The van der Waals surface area contributed by atoms with E-state index in [1.807, 2.05) is 28.5 Å². The third-order valence-corrected chi connectivity index (χ3v) is 4.97. The van der Waals surface area contributed by atoms with Crippen molar-refractivity contribution in [3.63, 3.8) is 0 Å². The monoisotopic (exact) mass is 336 g/mol. The van der Waals surface area contributed by atoms with Gasteiger partial charge in [-0.25, -0.2) is 4.98 Å². The number of aromatic nitrogens is 1. The molecule has 1 saturated heterocycles. The first kappa shape index (κ1) is 15.3. The van der Waals surface area contributed by atoms with E-state index >= 15 is 0 Å². The van der Waals surface area contributed by atoms with E-state index in [9.17, 15) is 4.79 Å². The summed E-state index contributed by atoms with van der Waals surface area (Å²) in [7, 11) is 1.60. The van der Waals surface area contributed by atoms with E-state index in [-0.39, 0.29) is 5.91 Å². The zero-order chi connectivity index (χ0) is 15.5. The first-order chi connectivity index (χ1) is 10.7. The summed E-state index contributed by atoms with van der Waals surface area (Å²) in [6, 6.07) is 5.66. The van der Waals surface area contributed by atoms with E-state index in [1.165, 1.54) is 0 Å². The molecular weight excluding hydrogens is 320 g/mol. The Hall–Kier alpha value is -1.59. The zero-order valence-corrected chi connectivity index (χ0v) is 13.9. The van der Waals surface area contributed by atoms with Crippen LogP contribution in [0.1, 0.15) is 17.8 Å². The van der Waals surface area contributed by atoms with Gasteiger partial charge in [0, 0.05) is 36.9 Å². The molecule has 3 rings (SSSR count). The predicted molar refractivity (Wildman–Crippen MR) is 88.6 cm³/mol. The maximum Gasteiger partial charge on any atom is 0.222 e. The number of rotatable bonds is 5. The normalized spacial score (nSPS) is 14.6. The Morgan fingerprint density at radius 3 is 3.00 bits per heavy atom. The summed E-state index contributed by atoms with van der Waals surface area (Å²) in [6.45, 7) is 1.64. The van der Waals surface area contributed by atoms with Gasteiger partial charge in [-0.1, -0.05) is 11.6 Å². The molecule has 0 radical (unpaired) electrons. The summed E-state index contributed by atoms with van der Waals surface area (Å²) in [5, 5.41) is 3.65. The van der Waals surface area contributed by atoms with Crippen LogP contribution < -0.4 is 4.74 Å². The van der Waals surface area contributed by atoms with Crippen LogP contribution in [0.5, 0.6) is 5.75 Å². The number of likely N-dealkylation sites (tertiary alicyclic amines) is 1. The van der Waals surface area contributed by atoms with Crippen molar-refractivity contribution >= 4 is 28.8 Å². The Balaban J connectivity index is 1.68. The molecule has 1 aromatic carbocycles. The Morgan fingerprint density at radius 1 is 1.45 bits per heavy atom. The lowest BCUT2D eigenvalue weighted by molar-refractivity contribution is -0.127. The van der Waals surface area contributed by atoms with Gasteiger partial charge in [-0.05, 0) is 24.6 Å². The van der Waals surface area contributed by atoms with Gasteiger partial charge in [0.15, 0.2) is 0 Å². The molecule has 0 spiro atoms. The SMILES string of the molecule is COc1ccc(-c2csc(CCN3CCCC3=O)n2)cc1Cl.